The Morgan fingerprint density at radius 3 is 2.24 bits per heavy atom. The molecule has 2 aromatic heterocycles. The molecule has 2 aromatic rings. The molecule has 16 heteroatoms. The van der Waals surface area contributed by atoms with Crippen LogP contribution in [0.3, 0.4) is 0 Å². The number of nitrogens with zero attached hydrogens (tertiary/aromatic N) is 5. The molecule has 0 bridgehead atoms. The Morgan fingerprint density at radius 2 is 1.67 bits per heavy atom. The molecule has 0 amide bonds. The molecule has 1 aliphatic heterocycles. The molecule has 33 heavy (non-hydrogen) atoms. The van der Waals surface area contributed by atoms with E-state index in [9.17, 15) is 35.9 Å². The summed E-state index contributed by atoms with van der Waals surface area (Å²) in [4.78, 5) is 32.5. The molecule has 2 unspecified atom stereocenters. The molecule has 2 atom stereocenters. The third-order valence-corrected chi connectivity index (χ3v) is 4.70. The van der Waals surface area contributed by atoms with Crippen molar-refractivity contribution in [2.75, 3.05) is 18.1 Å². The van der Waals surface area contributed by atoms with E-state index in [2.05, 4.69) is 34.9 Å². The van der Waals surface area contributed by atoms with Crippen molar-refractivity contribution in [2.24, 2.45) is 0 Å². The zero-order valence-corrected chi connectivity index (χ0v) is 17.4. The summed E-state index contributed by atoms with van der Waals surface area (Å²) >= 11 is 0. The monoisotopic (exact) mass is 484 g/mol. The summed E-state index contributed by atoms with van der Waals surface area (Å²) in [7, 11) is 0. The van der Waals surface area contributed by atoms with Gasteiger partial charge in [0.25, 0.3) is 0 Å². The van der Waals surface area contributed by atoms with Crippen LogP contribution in [-0.2, 0) is 24.5 Å². The molecule has 1 fully saturated rings. The van der Waals surface area contributed by atoms with E-state index in [4.69, 9.17) is 0 Å². The Kier molecular flexibility index (Phi) is 6.14. The van der Waals surface area contributed by atoms with Crippen molar-refractivity contribution in [1.82, 2.24) is 25.4 Å². The molecule has 0 radical (unpaired) electrons. The first-order valence-electron chi connectivity index (χ1n) is 9.46. The van der Waals surface area contributed by atoms with Gasteiger partial charge in [-0.05, 0) is 0 Å². The van der Waals surface area contributed by atoms with E-state index in [0.29, 0.717) is 0 Å². The van der Waals surface area contributed by atoms with E-state index in [1.165, 1.54) is 4.90 Å². The molecule has 182 valence electrons. The second-order valence-electron chi connectivity index (χ2n) is 8.20. The van der Waals surface area contributed by atoms with Gasteiger partial charge in [-0.1, -0.05) is 20.8 Å². The quantitative estimate of drug-likeness (QED) is 0.514. The highest BCUT2D eigenvalue weighted by molar-refractivity contribution is 5.83. The first kappa shape index (κ1) is 24.4. The molecule has 0 aliphatic carbocycles. The zero-order valence-electron chi connectivity index (χ0n) is 17.4. The molecule has 0 aromatic carbocycles. The standard InChI is InChI=1S/C17H18F6N6O4/c1-15(2,3)12-24-10-9(26-28-27-10)11(25-12)29-5-4-8(33-14(31)17(21,22)23)7(29)6-32-13(30)16(18,19)20/h7-8H,4-6H2,1-3H3,(H,24,25,26,27,28). The highest BCUT2D eigenvalue weighted by Crippen LogP contribution is 2.33. The molecular formula is C17H18F6N6O4. The fraction of sp³-hybridized carbons (Fsp3) is 0.647. The summed E-state index contributed by atoms with van der Waals surface area (Å²) in [5.74, 6) is -4.77. The number of H-pyrrole nitrogens is 1. The second kappa shape index (κ2) is 8.30. The fourth-order valence-electron chi connectivity index (χ4n) is 3.14. The summed E-state index contributed by atoms with van der Waals surface area (Å²) in [6, 6.07) is -1.41. The number of ether oxygens (including phenoxy) is 2. The number of carbonyl (C=O) groups is 2. The van der Waals surface area contributed by atoms with Crippen LogP contribution in [0.15, 0.2) is 0 Å². The minimum Gasteiger partial charge on any atom is -0.457 e. The van der Waals surface area contributed by atoms with Crippen molar-refractivity contribution < 1.29 is 45.4 Å². The number of halogens is 6. The van der Waals surface area contributed by atoms with Crippen molar-refractivity contribution in [1.29, 1.82) is 0 Å². The van der Waals surface area contributed by atoms with Crippen LogP contribution in [0.2, 0.25) is 0 Å². The molecule has 3 heterocycles. The van der Waals surface area contributed by atoms with Gasteiger partial charge >= 0.3 is 24.3 Å². The zero-order chi connectivity index (χ0) is 24.8. The minimum absolute atomic E-state index is 0.0253. The lowest BCUT2D eigenvalue weighted by atomic mass is 9.96. The van der Waals surface area contributed by atoms with Crippen LogP contribution in [-0.4, -0.2) is 75.0 Å². The summed E-state index contributed by atoms with van der Waals surface area (Å²) in [6.45, 7) is 4.21. The summed E-state index contributed by atoms with van der Waals surface area (Å²) in [6.07, 6.45) is -12.4. The van der Waals surface area contributed by atoms with Gasteiger partial charge in [0.1, 0.15) is 24.6 Å². The number of carbonyl (C=O) groups excluding carboxylic acids is 2. The van der Waals surface area contributed by atoms with Crippen LogP contribution in [0.25, 0.3) is 11.2 Å². The van der Waals surface area contributed by atoms with Crippen LogP contribution in [0, 0.1) is 0 Å². The third kappa shape index (κ3) is 5.24. The number of hydrogen-bond acceptors (Lipinski definition) is 9. The molecule has 3 rings (SSSR count). The Labute approximate surface area is 181 Å². The summed E-state index contributed by atoms with van der Waals surface area (Å²) in [5, 5.41) is 10.1. The lowest BCUT2D eigenvalue weighted by Gasteiger charge is -2.29. The Bertz CT molecular complexity index is 1050. The number of aromatic amines is 1. The van der Waals surface area contributed by atoms with Crippen LogP contribution < -0.4 is 4.90 Å². The van der Waals surface area contributed by atoms with Gasteiger partial charge < -0.3 is 14.4 Å². The number of alkyl halides is 6. The second-order valence-corrected chi connectivity index (χ2v) is 8.20. The normalized spacial score (nSPS) is 19.7. The number of nitrogens with one attached hydrogen (secondary N) is 1. The van der Waals surface area contributed by atoms with Gasteiger partial charge in [-0.2, -0.15) is 36.7 Å². The van der Waals surface area contributed by atoms with Crippen LogP contribution in [0.1, 0.15) is 33.0 Å². The highest BCUT2D eigenvalue weighted by Gasteiger charge is 2.48. The molecule has 1 N–H and O–H groups in total. The van der Waals surface area contributed by atoms with Gasteiger partial charge in [0.2, 0.25) is 5.65 Å². The van der Waals surface area contributed by atoms with E-state index >= 15 is 0 Å². The van der Waals surface area contributed by atoms with E-state index in [1.807, 2.05) is 0 Å². The van der Waals surface area contributed by atoms with E-state index < -0.39 is 48.5 Å². The van der Waals surface area contributed by atoms with Crippen molar-refractivity contribution in [3.63, 3.8) is 0 Å². The summed E-state index contributed by atoms with van der Waals surface area (Å²) in [5.41, 5.74) is -0.424. The smallest absolute Gasteiger partial charge is 0.457 e. The van der Waals surface area contributed by atoms with Gasteiger partial charge in [-0.15, -0.1) is 5.10 Å². The van der Waals surface area contributed by atoms with Crippen LogP contribution in [0.5, 0.6) is 0 Å². The SMILES string of the molecule is CC(C)(C)c1nc(N2CCC(OC(=O)C(F)(F)F)C2COC(=O)C(F)(F)F)c2n[nH]nc2n1. The minimum atomic E-state index is -5.33. The highest BCUT2D eigenvalue weighted by atomic mass is 19.4. The van der Waals surface area contributed by atoms with E-state index in [1.54, 1.807) is 20.8 Å². The Morgan fingerprint density at radius 1 is 1.03 bits per heavy atom. The lowest BCUT2D eigenvalue weighted by molar-refractivity contribution is -0.207. The lowest BCUT2D eigenvalue weighted by Crippen LogP contribution is -2.44. The van der Waals surface area contributed by atoms with Gasteiger partial charge in [0, 0.05) is 18.4 Å². The number of anilines is 1. The largest absolute Gasteiger partial charge is 0.490 e. The van der Waals surface area contributed by atoms with Crippen LogP contribution >= 0.6 is 0 Å². The first-order chi connectivity index (χ1) is 15.1. The topological polar surface area (TPSA) is 123 Å². The molecule has 0 saturated carbocycles. The van der Waals surface area contributed by atoms with Gasteiger partial charge in [0.05, 0.1) is 0 Å². The van der Waals surface area contributed by atoms with Gasteiger partial charge in [0.15, 0.2) is 11.3 Å². The number of fused-ring (bicyclic) bond motifs is 1. The van der Waals surface area contributed by atoms with Gasteiger partial charge in [-0.3, -0.25) is 0 Å². The maximum absolute atomic E-state index is 12.7. The molecule has 1 saturated heterocycles. The number of aromatic nitrogens is 5. The average Bonchev–Trinajstić information content (AvgIpc) is 3.29. The Balaban J connectivity index is 1.99. The predicted octanol–water partition coefficient (Wildman–Crippen LogP) is 2.20. The van der Waals surface area contributed by atoms with E-state index in [-0.39, 0.29) is 35.8 Å². The predicted molar refractivity (Wildman–Crippen MR) is 96.9 cm³/mol. The van der Waals surface area contributed by atoms with Crippen molar-refractivity contribution in [3.05, 3.63) is 5.82 Å². The van der Waals surface area contributed by atoms with Crippen molar-refractivity contribution in [2.45, 2.75) is 57.1 Å². The molecule has 10 nitrogen and oxygen atoms in total. The number of rotatable bonds is 4. The number of esters is 2. The molecule has 1 aliphatic rings. The first-order valence-corrected chi connectivity index (χ1v) is 9.46. The Hall–Kier alpha value is -3.20. The summed E-state index contributed by atoms with van der Waals surface area (Å²) < 4.78 is 84.6. The molecular weight excluding hydrogens is 466 g/mol. The number of hydrogen-bond donors (Lipinski definition) is 1. The van der Waals surface area contributed by atoms with Gasteiger partial charge in [-0.25, -0.2) is 19.6 Å². The maximum Gasteiger partial charge on any atom is 0.490 e. The third-order valence-electron chi connectivity index (χ3n) is 4.70. The molecule has 0 spiro atoms. The van der Waals surface area contributed by atoms with Crippen molar-refractivity contribution in [3.8, 4) is 0 Å². The van der Waals surface area contributed by atoms with Crippen LogP contribution in [0.4, 0.5) is 32.2 Å². The average molecular weight is 484 g/mol. The van der Waals surface area contributed by atoms with Crippen molar-refractivity contribution >= 4 is 28.9 Å². The van der Waals surface area contributed by atoms with E-state index in [0.717, 1.165) is 0 Å². The fourth-order valence-corrected chi connectivity index (χ4v) is 3.14. The maximum atomic E-state index is 12.7.